The second kappa shape index (κ2) is 8.86. The molecule has 5 aliphatic rings. The van der Waals surface area contributed by atoms with Crippen LogP contribution in [0.5, 0.6) is 0 Å². The zero-order chi connectivity index (χ0) is 29.9. The van der Waals surface area contributed by atoms with Gasteiger partial charge in [0.2, 0.25) is 0 Å². The summed E-state index contributed by atoms with van der Waals surface area (Å²) in [5.41, 5.74) is -5.51. The molecule has 4 fully saturated rings. The Bertz CT molecular complexity index is 1250. The van der Waals surface area contributed by atoms with E-state index in [-0.39, 0.29) is 33.3 Å². The zero-order valence-electron chi connectivity index (χ0n) is 25.2. The molecular weight excluding hydrogens is 537 g/mol. The lowest BCUT2D eigenvalue weighted by Crippen LogP contribution is -2.66. The summed E-state index contributed by atoms with van der Waals surface area (Å²) in [6.45, 7) is 19.2. The summed E-state index contributed by atoms with van der Waals surface area (Å²) >= 11 is 0. The lowest BCUT2D eigenvalue weighted by Gasteiger charge is -2.72. The van der Waals surface area contributed by atoms with Crippen LogP contribution in [0.1, 0.15) is 106 Å². The number of carbonyl (C=O) groups is 1. The van der Waals surface area contributed by atoms with Crippen molar-refractivity contribution in [1.82, 2.24) is 0 Å². The van der Waals surface area contributed by atoms with Crippen LogP contribution in [-0.4, -0.2) is 19.7 Å². The van der Waals surface area contributed by atoms with Crippen LogP contribution in [-0.2, 0) is 19.1 Å². The first kappa shape index (κ1) is 30.2. The molecule has 1 unspecified atom stereocenters. The minimum atomic E-state index is -5.72. The van der Waals surface area contributed by atoms with E-state index < -0.39 is 21.0 Å². The Labute approximate surface area is 238 Å². The van der Waals surface area contributed by atoms with Gasteiger partial charge in [0.1, 0.15) is 11.5 Å². The van der Waals surface area contributed by atoms with E-state index in [2.05, 4.69) is 34.3 Å². The van der Waals surface area contributed by atoms with Gasteiger partial charge >= 0.3 is 15.6 Å². The number of Topliss-reactive ketones (excluding diaryl/α,β-unsaturated/α-hetero) is 1. The van der Waals surface area contributed by atoms with Crippen molar-refractivity contribution < 1.29 is 30.6 Å². The molecule has 0 aromatic rings. The van der Waals surface area contributed by atoms with E-state index in [1.807, 2.05) is 13.8 Å². The van der Waals surface area contributed by atoms with E-state index in [0.29, 0.717) is 35.9 Å². The van der Waals surface area contributed by atoms with Gasteiger partial charge in [0.25, 0.3) is 0 Å². The Hall–Kier alpha value is -1.31. The number of carbonyl (C=O) groups excluding carboxylic acids is 1. The highest BCUT2D eigenvalue weighted by atomic mass is 32.2. The SMILES string of the molecule is C=C(C)[C@@H]1CC[C@]2(C(C)=O)CC[C@]3(C)C(CC[C@@H]4[C@@]5(C)CC=C(OS(=O)(=O)C(F)(F)F)C(C)(C)[C@@H]5CC[C@]43C)[C@@H]12. The van der Waals surface area contributed by atoms with E-state index >= 15 is 0 Å². The molecule has 226 valence electrons. The molecule has 0 aromatic carbocycles. The fourth-order valence-electron chi connectivity index (χ4n) is 11.6. The van der Waals surface area contributed by atoms with E-state index in [0.717, 1.165) is 51.4 Å². The molecule has 0 N–H and O–H groups in total. The third-order valence-corrected chi connectivity index (χ3v) is 14.7. The van der Waals surface area contributed by atoms with Crippen molar-refractivity contribution in [1.29, 1.82) is 0 Å². The minimum absolute atomic E-state index is 0.00351. The molecule has 0 saturated heterocycles. The molecule has 40 heavy (non-hydrogen) atoms. The van der Waals surface area contributed by atoms with Gasteiger partial charge in [-0.15, -0.1) is 0 Å². The fourth-order valence-corrected chi connectivity index (χ4v) is 12.2. The number of fused-ring (bicyclic) bond motifs is 7. The highest BCUT2D eigenvalue weighted by Gasteiger charge is 2.71. The van der Waals surface area contributed by atoms with Gasteiger partial charge < -0.3 is 4.18 Å². The van der Waals surface area contributed by atoms with E-state index in [1.165, 1.54) is 5.57 Å². The molecule has 4 nitrogen and oxygen atoms in total. The summed E-state index contributed by atoms with van der Waals surface area (Å²) in [6.07, 6.45) is 9.86. The molecule has 0 radical (unpaired) electrons. The number of hydrogen-bond acceptors (Lipinski definition) is 4. The topological polar surface area (TPSA) is 60.4 Å². The number of alkyl halides is 3. The molecule has 8 heteroatoms. The van der Waals surface area contributed by atoms with Gasteiger partial charge in [-0.05, 0) is 124 Å². The zero-order valence-corrected chi connectivity index (χ0v) is 26.0. The molecule has 0 aliphatic heterocycles. The van der Waals surface area contributed by atoms with Crippen LogP contribution in [0.25, 0.3) is 0 Å². The lowest BCUT2D eigenvalue weighted by atomic mass is 9.32. The van der Waals surface area contributed by atoms with Crippen LogP contribution in [0, 0.1) is 56.7 Å². The number of hydrogen-bond donors (Lipinski definition) is 0. The maximum absolute atomic E-state index is 13.3. The maximum Gasteiger partial charge on any atom is 0.534 e. The average molecular weight is 585 g/mol. The van der Waals surface area contributed by atoms with Crippen LogP contribution < -0.4 is 0 Å². The Morgan fingerprint density at radius 2 is 1.57 bits per heavy atom. The van der Waals surface area contributed by atoms with Crippen LogP contribution in [0.15, 0.2) is 24.0 Å². The Kier molecular flexibility index (Phi) is 6.68. The molecule has 4 saturated carbocycles. The number of allylic oxidation sites excluding steroid dienone is 3. The second-order valence-electron chi connectivity index (χ2n) is 15.4. The van der Waals surface area contributed by atoms with Crippen molar-refractivity contribution in [2.75, 3.05) is 0 Å². The summed E-state index contributed by atoms with van der Waals surface area (Å²) < 4.78 is 68.3. The molecule has 5 aliphatic carbocycles. The second-order valence-corrected chi connectivity index (χ2v) is 16.9. The van der Waals surface area contributed by atoms with Gasteiger partial charge in [-0.3, -0.25) is 4.79 Å². The third-order valence-electron chi connectivity index (χ3n) is 13.8. The summed E-state index contributed by atoms with van der Waals surface area (Å²) in [6, 6.07) is 0. The predicted molar refractivity (Wildman–Crippen MR) is 149 cm³/mol. The quantitative estimate of drug-likeness (QED) is 0.189. The maximum atomic E-state index is 13.3. The molecular formula is C32H47F3O4S. The first-order valence-electron chi connectivity index (χ1n) is 15.1. The Morgan fingerprint density at radius 3 is 2.15 bits per heavy atom. The molecule has 0 aromatic heterocycles. The van der Waals surface area contributed by atoms with Gasteiger partial charge in [0.05, 0.1) is 0 Å². The molecule has 9 atom stereocenters. The van der Waals surface area contributed by atoms with Gasteiger partial charge in [0, 0.05) is 10.8 Å². The molecule has 0 spiro atoms. The van der Waals surface area contributed by atoms with Gasteiger partial charge in [-0.25, -0.2) is 0 Å². The largest absolute Gasteiger partial charge is 0.534 e. The van der Waals surface area contributed by atoms with Gasteiger partial charge in [-0.2, -0.15) is 21.6 Å². The van der Waals surface area contributed by atoms with E-state index in [9.17, 15) is 26.4 Å². The standard InChI is InChI=1S/C32H47F3O4S/c1-19(2)21-11-16-31(20(3)36)18-17-29(7)22(26(21)31)9-10-24-28(6)14-13-25(39-40(37,38)32(33,34)35)27(4,5)23(28)12-15-30(24,29)8/h13,21-24,26H,1,9-12,14-18H2,2-8H3/t21-,22?,23-,24+,26+,28-,29+,30+,31+/m0/s1. The van der Waals surface area contributed by atoms with Crippen LogP contribution in [0.2, 0.25) is 0 Å². The molecule has 0 amide bonds. The normalized spacial score (nSPS) is 46.2. The van der Waals surface area contributed by atoms with Gasteiger partial charge in [-0.1, -0.05) is 46.8 Å². The van der Waals surface area contributed by atoms with Crippen molar-refractivity contribution >= 4 is 15.9 Å². The van der Waals surface area contributed by atoms with E-state index in [1.54, 1.807) is 13.0 Å². The van der Waals surface area contributed by atoms with E-state index in [4.69, 9.17) is 4.18 Å². The predicted octanol–water partition coefficient (Wildman–Crippen LogP) is 8.59. The Balaban J connectivity index is 1.52. The van der Waals surface area contributed by atoms with Crippen molar-refractivity contribution in [2.24, 2.45) is 56.7 Å². The summed E-state index contributed by atoms with van der Waals surface area (Å²) in [5, 5.41) is 0. The summed E-state index contributed by atoms with van der Waals surface area (Å²) in [5.74, 6) is 1.72. The van der Waals surface area contributed by atoms with Crippen molar-refractivity contribution in [3.63, 3.8) is 0 Å². The van der Waals surface area contributed by atoms with Crippen LogP contribution in [0.4, 0.5) is 13.2 Å². The van der Waals surface area contributed by atoms with Crippen molar-refractivity contribution in [3.05, 3.63) is 24.0 Å². The van der Waals surface area contributed by atoms with Crippen LogP contribution in [0.3, 0.4) is 0 Å². The minimum Gasteiger partial charge on any atom is -0.380 e. The molecule has 0 heterocycles. The lowest BCUT2D eigenvalue weighted by molar-refractivity contribution is -0.227. The summed E-state index contributed by atoms with van der Waals surface area (Å²) in [4.78, 5) is 13.3. The third kappa shape index (κ3) is 3.75. The number of ketones is 1. The van der Waals surface area contributed by atoms with Gasteiger partial charge in [0.15, 0.2) is 0 Å². The summed E-state index contributed by atoms with van der Waals surface area (Å²) in [7, 11) is -5.72. The van der Waals surface area contributed by atoms with Crippen molar-refractivity contribution in [2.45, 2.75) is 112 Å². The Morgan fingerprint density at radius 1 is 0.925 bits per heavy atom. The van der Waals surface area contributed by atoms with Crippen molar-refractivity contribution in [3.8, 4) is 0 Å². The number of halogens is 3. The smallest absolute Gasteiger partial charge is 0.380 e. The average Bonchev–Trinajstić information content (AvgIpc) is 3.22. The first-order chi connectivity index (χ1) is 18.2. The monoisotopic (exact) mass is 584 g/mol. The fraction of sp³-hybridized carbons (Fsp3) is 0.844. The number of rotatable bonds is 4. The molecule has 0 bridgehead atoms. The highest BCUT2D eigenvalue weighted by Crippen LogP contribution is 2.77. The van der Waals surface area contributed by atoms with Crippen LogP contribution >= 0.6 is 0 Å². The highest BCUT2D eigenvalue weighted by molar-refractivity contribution is 7.87. The first-order valence-corrected chi connectivity index (χ1v) is 16.5. The molecule has 5 rings (SSSR count).